The van der Waals surface area contributed by atoms with E-state index in [1.54, 1.807) is 8.87 Å². The topological polar surface area (TPSA) is 80.9 Å². The zero-order chi connectivity index (χ0) is 14.3. The van der Waals surface area contributed by atoms with Gasteiger partial charge >= 0.3 is 69.5 Å². The summed E-state index contributed by atoms with van der Waals surface area (Å²) in [4.78, 5) is 0. The van der Waals surface area contributed by atoms with Gasteiger partial charge in [-0.3, -0.25) is 0 Å². The first-order valence-electron chi connectivity index (χ1n) is 6.80. The Hall–Kier alpha value is 0.639. The van der Waals surface area contributed by atoms with Crippen LogP contribution >= 0.6 is 0 Å². The molecule has 0 aromatic rings. The predicted octanol–water partition coefficient (Wildman–Crippen LogP) is 1.07. The maximum Gasteiger partial charge on any atom is 0.0627 e. The van der Waals surface area contributed by atoms with Gasteiger partial charge in [-0.2, -0.15) is 0 Å². The number of unbranched alkanes of at least 4 members (excludes halogenated alkanes) is 2. The fourth-order valence-electron chi connectivity index (χ4n) is 1.03. The van der Waals surface area contributed by atoms with Crippen molar-refractivity contribution < 1.29 is 20.4 Å². The second-order valence-corrected chi connectivity index (χ2v) is 8.87. The van der Waals surface area contributed by atoms with Gasteiger partial charge in [-0.25, -0.2) is 0 Å². The van der Waals surface area contributed by atoms with Gasteiger partial charge in [-0.1, -0.05) is 0 Å². The molecule has 0 heterocycles. The van der Waals surface area contributed by atoms with Crippen LogP contribution in [0.15, 0.2) is 0 Å². The summed E-state index contributed by atoms with van der Waals surface area (Å²) >= 11 is 0.149. The number of aliphatic hydroxyl groups excluding tert-OH is 4. The summed E-state index contributed by atoms with van der Waals surface area (Å²) in [6.07, 6.45) is 5.84. The van der Waals surface area contributed by atoms with Crippen molar-refractivity contribution in [1.82, 2.24) is 0 Å². The van der Waals surface area contributed by atoms with E-state index in [-0.39, 0.29) is 21.1 Å². The Kier molecular flexibility index (Phi) is 18.3. The minimum absolute atomic E-state index is 0.149. The normalized spacial score (nSPS) is 11.0. The van der Waals surface area contributed by atoms with Crippen LogP contribution in [0.1, 0.15) is 39.5 Å². The van der Waals surface area contributed by atoms with E-state index in [1.807, 2.05) is 0 Å². The molecule has 2 radical (unpaired) electrons. The Morgan fingerprint density at radius 3 is 1.22 bits per heavy atom. The van der Waals surface area contributed by atoms with E-state index in [0.29, 0.717) is 0 Å². The summed E-state index contributed by atoms with van der Waals surface area (Å²) in [6, 6.07) is 0. The molecule has 0 fully saturated rings. The number of hydrogen-bond donors (Lipinski definition) is 4. The molecule has 0 atom stereocenters. The van der Waals surface area contributed by atoms with Gasteiger partial charge in [0.2, 0.25) is 0 Å². The van der Waals surface area contributed by atoms with Gasteiger partial charge in [0.15, 0.2) is 0 Å². The van der Waals surface area contributed by atoms with Gasteiger partial charge in [0.1, 0.15) is 0 Å². The van der Waals surface area contributed by atoms with Crippen molar-refractivity contribution in [3.63, 3.8) is 0 Å². The van der Waals surface area contributed by atoms with Crippen LogP contribution in [0.3, 0.4) is 0 Å². The van der Waals surface area contributed by atoms with Crippen LogP contribution in [0, 0.1) is 5.41 Å². The van der Waals surface area contributed by atoms with Crippen molar-refractivity contribution in [2.45, 2.75) is 48.4 Å². The van der Waals surface area contributed by atoms with Gasteiger partial charge in [-0.05, 0) is 0 Å². The number of aliphatic hydroxyl groups is 4. The van der Waals surface area contributed by atoms with E-state index in [0.717, 1.165) is 0 Å². The molecule has 0 bridgehead atoms. The summed E-state index contributed by atoms with van der Waals surface area (Å²) in [5.74, 6) is 0. The molecule has 0 saturated heterocycles. The van der Waals surface area contributed by atoms with Gasteiger partial charge in [0, 0.05) is 0 Å². The van der Waals surface area contributed by atoms with Crippen molar-refractivity contribution in [1.29, 1.82) is 0 Å². The molecule has 0 spiro atoms. The predicted molar refractivity (Wildman–Crippen MR) is 76.0 cm³/mol. The monoisotopic (exact) mass is 370 g/mol. The summed E-state index contributed by atoms with van der Waals surface area (Å²) in [5.41, 5.74) is -1.11. The molecule has 5 heteroatoms. The van der Waals surface area contributed by atoms with Gasteiger partial charge in [0.25, 0.3) is 0 Å². The molecule has 4 nitrogen and oxygen atoms in total. The first-order chi connectivity index (χ1) is 8.66. The van der Waals surface area contributed by atoms with Crippen LogP contribution in [0.2, 0.25) is 8.87 Å². The summed E-state index contributed by atoms with van der Waals surface area (Å²) in [7, 11) is 0. The van der Waals surface area contributed by atoms with Crippen LogP contribution in [-0.4, -0.2) is 68.0 Å². The first kappa shape index (κ1) is 20.9. The van der Waals surface area contributed by atoms with Crippen LogP contribution in [0.25, 0.3) is 0 Å². The van der Waals surface area contributed by atoms with Crippen molar-refractivity contribution >= 4 is 21.1 Å². The van der Waals surface area contributed by atoms with Crippen LogP contribution in [-0.2, 0) is 0 Å². The Morgan fingerprint density at radius 1 is 0.722 bits per heavy atom. The van der Waals surface area contributed by atoms with Crippen LogP contribution < -0.4 is 0 Å². The Labute approximate surface area is 122 Å². The molecule has 0 aromatic heterocycles. The van der Waals surface area contributed by atoms with E-state index in [2.05, 4.69) is 13.8 Å². The summed E-state index contributed by atoms with van der Waals surface area (Å²) in [6.45, 7) is 2.96. The molecule has 0 rings (SSSR count). The van der Waals surface area contributed by atoms with Crippen LogP contribution in [0.4, 0.5) is 0 Å². The summed E-state index contributed by atoms with van der Waals surface area (Å²) in [5, 5.41) is 34.0. The molecule has 0 unspecified atom stereocenters. The average Bonchev–Trinajstić information content (AvgIpc) is 2.43. The standard InChI is InChI=1S/C5H12O4.2C4H9.Sn/c6-1-5(2-7,3-8)4-9;2*1-3-4-2;/h6-9H,1-4H2;2*1,3-4H2,2H3;. The number of rotatable bonds is 10. The van der Waals surface area contributed by atoms with E-state index >= 15 is 0 Å². The Morgan fingerprint density at radius 2 is 1.06 bits per heavy atom. The zero-order valence-electron chi connectivity index (χ0n) is 11.9. The number of hydrogen-bond acceptors (Lipinski definition) is 4. The first-order valence-corrected chi connectivity index (χ1v) is 10.8. The maximum absolute atomic E-state index is 8.50. The van der Waals surface area contributed by atoms with E-state index in [9.17, 15) is 0 Å². The zero-order valence-corrected chi connectivity index (χ0v) is 14.7. The van der Waals surface area contributed by atoms with Gasteiger partial charge < -0.3 is 20.4 Å². The molecule has 18 heavy (non-hydrogen) atoms. The molecular weight excluding hydrogens is 339 g/mol. The molecule has 0 aliphatic heterocycles. The van der Waals surface area contributed by atoms with E-state index < -0.39 is 31.8 Å². The second kappa shape index (κ2) is 15.7. The molecule has 0 saturated carbocycles. The molecular formula is C13H30O4Sn. The third-order valence-corrected chi connectivity index (χ3v) is 6.79. The Balaban J connectivity index is 0. The fraction of sp³-hybridized carbons (Fsp3) is 1.00. The molecule has 0 aliphatic rings. The van der Waals surface area contributed by atoms with E-state index in [1.165, 1.54) is 25.7 Å². The Bertz CT molecular complexity index is 128. The second-order valence-electron chi connectivity index (χ2n) is 4.59. The average molecular weight is 369 g/mol. The minimum atomic E-state index is -1.11. The smallest absolute Gasteiger partial charge is 0.0627 e. The largest absolute Gasteiger partial charge is 0.396 e. The maximum atomic E-state index is 8.50. The third-order valence-electron chi connectivity index (χ3n) is 2.76. The SMILES string of the molecule is CCC[CH2][Sn][CH2]CCC.OCC(CO)(CO)CO. The van der Waals surface area contributed by atoms with Crippen molar-refractivity contribution in [2.75, 3.05) is 26.4 Å². The van der Waals surface area contributed by atoms with Gasteiger partial charge in [0.05, 0.1) is 31.8 Å². The van der Waals surface area contributed by atoms with Crippen molar-refractivity contribution in [2.24, 2.45) is 5.41 Å². The molecule has 110 valence electrons. The molecule has 0 amide bonds. The summed E-state index contributed by atoms with van der Waals surface area (Å²) < 4.78 is 3.25. The minimum Gasteiger partial charge on any atom is -0.396 e. The van der Waals surface area contributed by atoms with Crippen molar-refractivity contribution in [3.05, 3.63) is 0 Å². The van der Waals surface area contributed by atoms with Gasteiger partial charge in [-0.15, -0.1) is 0 Å². The molecule has 0 aliphatic carbocycles. The fourth-order valence-corrected chi connectivity index (χ4v) is 5.19. The third kappa shape index (κ3) is 11.7. The quantitative estimate of drug-likeness (QED) is 0.343. The molecule has 4 N–H and O–H groups in total. The van der Waals surface area contributed by atoms with E-state index in [4.69, 9.17) is 20.4 Å². The van der Waals surface area contributed by atoms with Crippen molar-refractivity contribution in [3.8, 4) is 0 Å². The van der Waals surface area contributed by atoms with Crippen LogP contribution in [0.5, 0.6) is 0 Å². The molecule has 0 aromatic carbocycles.